The van der Waals surface area contributed by atoms with Crippen LogP contribution in [0.1, 0.15) is 77.0 Å². The normalized spacial score (nSPS) is 52.1. The number of fused-ring (bicyclic) bond motifs is 6. The van der Waals surface area contributed by atoms with Gasteiger partial charge in [0.15, 0.2) is 0 Å². The Labute approximate surface area is 211 Å². The van der Waals surface area contributed by atoms with Crippen LogP contribution in [-0.2, 0) is 0 Å². The molecule has 12 atom stereocenters. The molecule has 4 heteroatoms. The molecule has 6 saturated carbocycles. The molecule has 0 nitrogen and oxygen atoms in total. The minimum atomic E-state index is 0.743. The topological polar surface area (TPSA) is 0 Å². The van der Waals surface area contributed by atoms with E-state index < -0.39 is 0 Å². The van der Waals surface area contributed by atoms with Crippen molar-refractivity contribution in [3.8, 4) is 0 Å². The standard InChI is InChI=1S/C27H44S4/c28-25-13-19-10-22(25)7-16(19)1-4-30-5-2-17-9-24-12-21(17)15-27(24)31-6-3-18-8-23-11-20(18)14-26(23)29/h16-29H,1-15H2. The highest BCUT2D eigenvalue weighted by Gasteiger charge is 2.47. The zero-order valence-corrected chi connectivity index (χ0v) is 22.7. The largest absolute Gasteiger partial charge is 0.176 e. The van der Waals surface area contributed by atoms with Crippen LogP contribution in [0.2, 0.25) is 0 Å². The van der Waals surface area contributed by atoms with Crippen LogP contribution in [0.25, 0.3) is 0 Å². The SMILES string of the molecule is SC1CC2CC1CC2CCSCCC1CC2CC1CC2SCCC1CC2CC1CC2S. The molecule has 0 N–H and O–H groups in total. The van der Waals surface area contributed by atoms with E-state index in [0.717, 1.165) is 69.0 Å². The van der Waals surface area contributed by atoms with Gasteiger partial charge in [0.25, 0.3) is 0 Å². The molecule has 6 aliphatic carbocycles. The van der Waals surface area contributed by atoms with Crippen molar-refractivity contribution in [2.24, 2.45) is 53.3 Å². The lowest BCUT2D eigenvalue weighted by Gasteiger charge is -2.29. The van der Waals surface area contributed by atoms with Crippen LogP contribution < -0.4 is 0 Å². The molecule has 0 aromatic carbocycles. The Balaban J connectivity index is 0.833. The summed E-state index contributed by atoms with van der Waals surface area (Å²) >= 11 is 14.3. The van der Waals surface area contributed by atoms with Crippen LogP contribution in [0.3, 0.4) is 0 Å². The number of hydrogen-bond donors (Lipinski definition) is 2. The maximum atomic E-state index is 4.80. The van der Waals surface area contributed by atoms with Crippen molar-refractivity contribution in [3.05, 3.63) is 0 Å². The van der Waals surface area contributed by atoms with Gasteiger partial charge in [-0.15, -0.1) is 0 Å². The molecular formula is C27H44S4. The van der Waals surface area contributed by atoms with Gasteiger partial charge in [-0.1, -0.05) is 0 Å². The maximum Gasteiger partial charge on any atom is 0.00782 e. The Morgan fingerprint density at radius 3 is 1.42 bits per heavy atom. The minimum absolute atomic E-state index is 0.743. The third kappa shape index (κ3) is 4.77. The fraction of sp³-hybridized carbons (Fsp3) is 1.00. The van der Waals surface area contributed by atoms with Crippen LogP contribution in [0.5, 0.6) is 0 Å². The summed E-state index contributed by atoms with van der Waals surface area (Å²) in [5, 5.41) is 2.51. The van der Waals surface area contributed by atoms with Crippen molar-refractivity contribution in [1.82, 2.24) is 0 Å². The predicted molar refractivity (Wildman–Crippen MR) is 146 cm³/mol. The molecule has 31 heavy (non-hydrogen) atoms. The summed E-state index contributed by atoms with van der Waals surface area (Å²) in [6, 6.07) is 0. The summed E-state index contributed by atoms with van der Waals surface area (Å²) in [6.07, 6.45) is 18.1. The second-order valence-electron chi connectivity index (χ2n) is 12.5. The summed E-state index contributed by atoms with van der Waals surface area (Å²) < 4.78 is 0. The van der Waals surface area contributed by atoms with E-state index in [2.05, 4.69) is 23.5 Å². The average molecular weight is 497 g/mol. The highest BCUT2D eigenvalue weighted by Crippen LogP contribution is 2.56. The van der Waals surface area contributed by atoms with Crippen molar-refractivity contribution in [3.63, 3.8) is 0 Å². The summed E-state index contributed by atoms with van der Waals surface area (Å²) in [4.78, 5) is 0. The van der Waals surface area contributed by atoms with E-state index in [1.165, 1.54) is 75.0 Å². The zero-order chi connectivity index (χ0) is 20.9. The molecule has 12 unspecified atom stereocenters. The highest BCUT2D eigenvalue weighted by atomic mass is 32.2. The maximum absolute atomic E-state index is 4.80. The molecule has 0 radical (unpaired) electrons. The van der Waals surface area contributed by atoms with E-state index in [1.54, 1.807) is 19.3 Å². The quantitative estimate of drug-likeness (QED) is 0.235. The van der Waals surface area contributed by atoms with E-state index in [0.29, 0.717) is 0 Å². The van der Waals surface area contributed by atoms with Crippen molar-refractivity contribution in [1.29, 1.82) is 0 Å². The highest BCUT2D eigenvalue weighted by molar-refractivity contribution is 8.00. The monoisotopic (exact) mass is 496 g/mol. The Bertz CT molecular complexity index is 620. The molecule has 6 rings (SSSR count). The Kier molecular flexibility index (Phi) is 7.22. The van der Waals surface area contributed by atoms with Gasteiger partial charge in [0.1, 0.15) is 0 Å². The first kappa shape index (κ1) is 22.8. The Morgan fingerprint density at radius 2 is 0.968 bits per heavy atom. The average Bonchev–Trinajstić information content (AvgIpc) is 3.56. The molecule has 0 aromatic heterocycles. The second kappa shape index (κ2) is 9.81. The molecule has 0 amide bonds. The van der Waals surface area contributed by atoms with Gasteiger partial charge in [-0.3, -0.25) is 0 Å². The lowest BCUT2D eigenvalue weighted by molar-refractivity contribution is 0.327. The number of hydrogen-bond acceptors (Lipinski definition) is 4. The molecule has 0 aliphatic heterocycles. The molecule has 176 valence electrons. The molecule has 0 saturated heterocycles. The van der Waals surface area contributed by atoms with Gasteiger partial charge < -0.3 is 0 Å². The molecule has 0 aromatic rings. The molecule has 6 aliphatic rings. The minimum Gasteiger partial charge on any atom is -0.176 e. The van der Waals surface area contributed by atoms with Crippen molar-refractivity contribution >= 4 is 48.8 Å². The zero-order valence-electron chi connectivity index (χ0n) is 19.2. The van der Waals surface area contributed by atoms with Gasteiger partial charge in [0.05, 0.1) is 0 Å². The summed E-state index contributed by atoms with van der Waals surface area (Å²) in [5.74, 6) is 13.7. The third-order valence-corrected chi connectivity index (χ3v) is 14.7. The Morgan fingerprint density at radius 1 is 0.484 bits per heavy atom. The van der Waals surface area contributed by atoms with Gasteiger partial charge in [-0.2, -0.15) is 48.8 Å². The second-order valence-corrected chi connectivity index (χ2v) is 16.4. The predicted octanol–water partition coefficient (Wildman–Crippen LogP) is 7.73. The van der Waals surface area contributed by atoms with E-state index >= 15 is 0 Å². The van der Waals surface area contributed by atoms with E-state index in [9.17, 15) is 0 Å². The first-order valence-electron chi connectivity index (χ1n) is 13.7. The Hall–Kier alpha value is 1.40. The van der Waals surface area contributed by atoms with Crippen LogP contribution in [0.4, 0.5) is 0 Å². The van der Waals surface area contributed by atoms with Gasteiger partial charge in [-0.05, 0) is 148 Å². The van der Waals surface area contributed by atoms with Gasteiger partial charge >= 0.3 is 0 Å². The molecule has 6 bridgehead atoms. The summed E-state index contributed by atoms with van der Waals surface area (Å²) in [5.41, 5.74) is 0. The molecule has 6 fully saturated rings. The van der Waals surface area contributed by atoms with Gasteiger partial charge in [0, 0.05) is 15.7 Å². The first-order valence-corrected chi connectivity index (χ1v) is 16.9. The van der Waals surface area contributed by atoms with Crippen molar-refractivity contribution < 1.29 is 0 Å². The van der Waals surface area contributed by atoms with Crippen LogP contribution in [-0.4, -0.2) is 33.0 Å². The number of rotatable bonds is 10. The summed E-state index contributed by atoms with van der Waals surface area (Å²) in [6.45, 7) is 0. The van der Waals surface area contributed by atoms with Crippen LogP contribution in [0, 0.1) is 53.3 Å². The van der Waals surface area contributed by atoms with Crippen molar-refractivity contribution in [2.45, 2.75) is 92.8 Å². The van der Waals surface area contributed by atoms with Crippen LogP contribution >= 0.6 is 48.8 Å². The smallest absolute Gasteiger partial charge is 0.00782 e. The van der Waals surface area contributed by atoms with Crippen molar-refractivity contribution in [2.75, 3.05) is 17.3 Å². The molecule has 0 spiro atoms. The van der Waals surface area contributed by atoms with Crippen LogP contribution in [0.15, 0.2) is 0 Å². The lowest BCUT2D eigenvalue weighted by Crippen LogP contribution is -2.22. The third-order valence-electron chi connectivity index (χ3n) is 11.0. The molecule has 0 heterocycles. The molecular weight excluding hydrogens is 453 g/mol. The summed E-state index contributed by atoms with van der Waals surface area (Å²) in [7, 11) is 0. The fourth-order valence-electron chi connectivity index (χ4n) is 9.28. The van der Waals surface area contributed by atoms with E-state index in [1.807, 2.05) is 0 Å². The lowest BCUT2D eigenvalue weighted by atomic mass is 9.86. The number of thioether (sulfide) groups is 2. The van der Waals surface area contributed by atoms with E-state index in [-0.39, 0.29) is 0 Å². The van der Waals surface area contributed by atoms with Gasteiger partial charge in [-0.25, -0.2) is 0 Å². The fourth-order valence-corrected chi connectivity index (χ4v) is 13.1. The first-order chi connectivity index (χ1) is 15.1. The van der Waals surface area contributed by atoms with E-state index in [4.69, 9.17) is 25.3 Å². The van der Waals surface area contributed by atoms with Gasteiger partial charge in [0.2, 0.25) is 0 Å². The number of thiol groups is 2.